The molecule has 160 valence electrons. The molecule has 0 spiro atoms. The number of amides is 1. The first-order valence-electron chi connectivity index (χ1n) is 10.0. The average molecular weight is 418 g/mol. The van der Waals surface area contributed by atoms with Crippen LogP contribution < -0.4 is 14.9 Å². The van der Waals surface area contributed by atoms with Crippen LogP contribution in [0.2, 0.25) is 0 Å². The van der Waals surface area contributed by atoms with Gasteiger partial charge in [-0.05, 0) is 79.9 Å². The third-order valence-corrected chi connectivity index (χ3v) is 4.66. The predicted octanol–water partition coefficient (Wildman–Crippen LogP) is 4.75. The SMILES string of the molecule is CCOc1cc(/C=N\NC(=O)c2ccc(O)cc2)ccc1OCc1cc(C)ccc1C. The number of carbonyl (C=O) groups is 1. The van der Waals surface area contributed by atoms with E-state index in [1.807, 2.05) is 25.1 Å². The van der Waals surface area contributed by atoms with Crippen molar-refractivity contribution in [2.24, 2.45) is 5.10 Å². The summed E-state index contributed by atoms with van der Waals surface area (Å²) in [5.41, 5.74) is 7.13. The van der Waals surface area contributed by atoms with Gasteiger partial charge >= 0.3 is 0 Å². The van der Waals surface area contributed by atoms with Crippen molar-refractivity contribution in [3.63, 3.8) is 0 Å². The molecule has 0 unspecified atom stereocenters. The van der Waals surface area contributed by atoms with E-state index in [0.29, 0.717) is 30.3 Å². The van der Waals surface area contributed by atoms with Gasteiger partial charge in [-0.15, -0.1) is 0 Å². The van der Waals surface area contributed by atoms with E-state index in [0.717, 1.165) is 11.1 Å². The van der Waals surface area contributed by atoms with Crippen LogP contribution in [0, 0.1) is 13.8 Å². The minimum atomic E-state index is -0.366. The Labute approximate surface area is 182 Å². The molecule has 0 radical (unpaired) electrons. The molecule has 6 nitrogen and oxygen atoms in total. The molecular weight excluding hydrogens is 392 g/mol. The topological polar surface area (TPSA) is 80.2 Å². The number of nitrogens with one attached hydrogen (secondary N) is 1. The highest BCUT2D eigenvalue weighted by Crippen LogP contribution is 2.29. The summed E-state index contributed by atoms with van der Waals surface area (Å²) in [7, 11) is 0. The van der Waals surface area contributed by atoms with E-state index in [-0.39, 0.29) is 11.7 Å². The molecule has 0 aliphatic heterocycles. The summed E-state index contributed by atoms with van der Waals surface area (Å²) in [6.45, 7) is 6.98. The lowest BCUT2D eigenvalue weighted by atomic mass is 10.1. The van der Waals surface area contributed by atoms with Gasteiger partial charge in [-0.2, -0.15) is 5.10 Å². The Balaban J connectivity index is 1.67. The number of rotatable bonds is 8. The molecule has 0 aromatic heterocycles. The van der Waals surface area contributed by atoms with Crippen molar-refractivity contribution in [1.29, 1.82) is 0 Å². The molecule has 0 heterocycles. The van der Waals surface area contributed by atoms with Gasteiger partial charge in [0.2, 0.25) is 0 Å². The lowest BCUT2D eigenvalue weighted by molar-refractivity contribution is 0.0955. The Morgan fingerprint density at radius 1 is 1.00 bits per heavy atom. The number of aromatic hydroxyl groups is 1. The van der Waals surface area contributed by atoms with Crippen LogP contribution >= 0.6 is 0 Å². The minimum absolute atomic E-state index is 0.100. The molecule has 2 N–H and O–H groups in total. The van der Waals surface area contributed by atoms with Crippen LogP contribution in [-0.2, 0) is 6.61 Å². The minimum Gasteiger partial charge on any atom is -0.508 e. The number of ether oxygens (including phenoxy) is 2. The largest absolute Gasteiger partial charge is 0.508 e. The molecular formula is C25H26N2O4. The van der Waals surface area contributed by atoms with Gasteiger partial charge in [0.25, 0.3) is 5.91 Å². The highest BCUT2D eigenvalue weighted by molar-refractivity contribution is 5.95. The summed E-state index contributed by atoms with van der Waals surface area (Å²) in [5, 5.41) is 13.3. The molecule has 0 atom stereocenters. The van der Waals surface area contributed by atoms with E-state index in [4.69, 9.17) is 9.47 Å². The highest BCUT2D eigenvalue weighted by atomic mass is 16.5. The summed E-state index contributed by atoms with van der Waals surface area (Å²) >= 11 is 0. The van der Waals surface area contributed by atoms with Crippen LogP contribution in [0.25, 0.3) is 0 Å². The Morgan fingerprint density at radius 3 is 2.52 bits per heavy atom. The molecule has 31 heavy (non-hydrogen) atoms. The first-order chi connectivity index (χ1) is 15.0. The van der Waals surface area contributed by atoms with Crippen molar-refractivity contribution in [1.82, 2.24) is 5.43 Å². The van der Waals surface area contributed by atoms with Crippen molar-refractivity contribution in [3.8, 4) is 17.2 Å². The first-order valence-corrected chi connectivity index (χ1v) is 10.0. The number of hydrogen-bond donors (Lipinski definition) is 2. The second-order valence-corrected chi connectivity index (χ2v) is 7.10. The van der Waals surface area contributed by atoms with Gasteiger partial charge in [0.1, 0.15) is 12.4 Å². The summed E-state index contributed by atoms with van der Waals surface area (Å²) in [6.07, 6.45) is 1.54. The number of phenolic OH excluding ortho intramolecular Hbond substituents is 1. The quantitative estimate of drug-likeness (QED) is 0.409. The Morgan fingerprint density at radius 2 is 1.77 bits per heavy atom. The fourth-order valence-corrected chi connectivity index (χ4v) is 2.95. The molecule has 3 rings (SSSR count). The molecule has 3 aromatic rings. The number of hydrogen-bond acceptors (Lipinski definition) is 5. The lowest BCUT2D eigenvalue weighted by Gasteiger charge is -2.14. The number of aryl methyl sites for hydroxylation is 2. The predicted molar refractivity (Wildman–Crippen MR) is 121 cm³/mol. The Bertz CT molecular complexity index is 1080. The number of carbonyl (C=O) groups excluding carboxylic acids is 1. The fourth-order valence-electron chi connectivity index (χ4n) is 2.95. The van der Waals surface area contributed by atoms with Crippen molar-refractivity contribution in [2.45, 2.75) is 27.4 Å². The fraction of sp³-hybridized carbons (Fsp3) is 0.200. The summed E-state index contributed by atoms with van der Waals surface area (Å²) in [6, 6.07) is 17.7. The van der Waals surface area contributed by atoms with E-state index < -0.39 is 0 Å². The maximum absolute atomic E-state index is 12.1. The second-order valence-electron chi connectivity index (χ2n) is 7.10. The van der Waals surface area contributed by atoms with Crippen LogP contribution in [0.5, 0.6) is 17.2 Å². The summed E-state index contributed by atoms with van der Waals surface area (Å²) in [5.74, 6) is 0.993. The van der Waals surface area contributed by atoms with Crippen LogP contribution in [0.4, 0.5) is 0 Å². The molecule has 0 aliphatic carbocycles. The third kappa shape index (κ3) is 6.09. The van der Waals surface area contributed by atoms with E-state index in [2.05, 4.69) is 42.6 Å². The van der Waals surface area contributed by atoms with E-state index in [9.17, 15) is 9.90 Å². The van der Waals surface area contributed by atoms with Crippen molar-refractivity contribution in [3.05, 3.63) is 88.5 Å². The molecule has 0 aliphatic rings. The zero-order valence-corrected chi connectivity index (χ0v) is 17.9. The molecule has 0 bridgehead atoms. The number of benzene rings is 3. The third-order valence-electron chi connectivity index (χ3n) is 4.66. The van der Waals surface area contributed by atoms with Gasteiger partial charge < -0.3 is 14.6 Å². The number of phenols is 1. The van der Waals surface area contributed by atoms with Crippen molar-refractivity contribution < 1.29 is 19.4 Å². The molecule has 0 saturated carbocycles. The van der Waals surface area contributed by atoms with Gasteiger partial charge in [-0.1, -0.05) is 23.8 Å². The molecule has 3 aromatic carbocycles. The normalized spacial score (nSPS) is 10.8. The van der Waals surface area contributed by atoms with Crippen molar-refractivity contribution in [2.75, 3.05) is 6.61 Å². The zero-order valence-electron chi connectivity index (χ0n) is 17.9. The molecule has 1 amide bonds. The summed E-state index contributed by atoms with van der Waals surface area (Å²) in [4.78, 5) is 12.1. The monoisotopic (exact) mass is 418 g/mol. The van der Waals surface area contributed by atoms with Gasteiger partial charge in [0.05, 0.1) is 12.8 Å². The Hall–Kier alpha value is -3.80. The molecule has 6 heteroatoms. The van der Waals surface area contributed by atoms with Gasteiger partial charge in [0.15, 0.2) is 11.5 Å². The summed E-state index contributed by atoms with van der Waals surface area (Å²) < 4.78 is 11.7. The Kier molecular flexibility index (Phi) is 7.27. The average Bonchev–Trinajstić information content (AvgIpc) is 2.76. The van der Waals surface area contributed by atoms with Crippen LogP contribution in [0.15, 0.2) is 65.8 Å². The van der Waals surface area contributed by atoms with E-state index in [1.165, 1.54) is 41.6 Å². The van der Waals surface area contributed by atoms with Gasteiger partial charge in [-0.25, -0.2) is 5.43 Å². The standard InChI is InChI=1S/C25H26N2O4/c1-4-30-24-14-19(15-26-27-25(29)20-8-10-22(28)11-9-20)7-12-23(24)31-16-21-13-17(2)5-6-18(21)3/h5-15,28H,4,16H2,1-3H3,(H,27,29)/b26-15-. The van der Waals surface area contributed by atoms with Gasteiger partial charge in [0, 0.05) is 5.56 Å². The molecule has 0 fully saturated rings. The van der Waals surface area contributed by atoms with Crippen LogP contribution in [0.3, 0.4) is 0 Å². The van der Waals surface area contributed by atoms with E-state index >= 15 is 0 Å². The highest BCUT2D eigenvalue weighted by Gasteiger charge is 2.08. The second kappa shape index (κ2) is 10.3. The number of nitrogens with zero attached hydrogens (tertiary/aromatic N) is 1. The number of hydrazone groups is 1. The smallest absolute Gasteiger partial charge is 0.271 e. The van der Waals surface area contributed by atoms with Crippen LogP contribution in [0.1, 0.15) is 39.5 Å². The molecule has 0 saturated heterocycles. The maximum Gasteiger partial charge on any atom is 0.271 e. The first kappa shape index (κ1) is 21.9. The van der Waals surface area contributed by atoms with Gasteiger partial charge in [-0.3, -0.25) is 4.79 Å². The zero-order chi connectivity index (χ0) is 22.2. The van der Waals surface area contributed by atoms with E-state index in [1.54, 1.807) is 0 Å². The van der Waals surface area contributed by atoms with Crippen molar-refractivity contribution >= 4 is 12.1 Å². The lowest BCUT2D eigenvalue weighted by Crippen LogP contribution is -2.17. The maximum atomic E-state index is 12.1. The van der Waals surface area contributed by atoms with Crippen LogP contribution in [-0.4, -0.2) is 23.8 Å².